The molecule has 1 aliphatic rings. The molecule has 0 unspecified atom stereocenters. The van der Waals surface area contributed by atoms with Gasteiger partial charge in [0.2, 0.25) is 0 Å². The summed E-state index contributed by atoms with van der Waals surface area (Å²) >= 11 is 1.82. The molecule has 0 aliphatic heterocycles. The Balaban J connectivity index is 0.000000457. The van der Waals surface area contributed by atoms with Crippen LogP contribution in [0.15, 0.2) is 102 Å². The molecule has 0 bridgehead atoms. The van der Waals surface area contributed by atoms with Crippen LogP contribution in [0, 0.1) is 19.8 Å². The van der Waals surface area contributed by atoms with Gasteiger partial charge in [-0.25, -0.2) is 8.42 Å². The van der Waals surface area contributed by atoms with Crippen LogP contribution in [0.1, 0.15) is 97.0 Å². The second-order valence-electron chi connectivity index (χ2n) is 13.1. The summed E-state index contributed by atoms with van der Waals surface area (Å²) in [6.45, 7) is 24.2. The third kappa shape index (κ3) is 12.0. The number of rotatable bonds is 10. The minimum absolute atomic E-state index is 0.143. The Labute approximate surface area is 303 Å². The number of benzene rings is 3. The quantitative estimate of drug-likeness (QED) is 0.117. The Morgan fingerprint density at radius 1 is 0.766 bits per heavy atom. The molecule has 0 fully saturated rings. The van der Waals surface area contributed by atoms with E-state index in [1.165, 1.54) is 12.8 Å². The van der Waals surface area contributed by atoms with Gasteiger partial charge in [-0.2, -0.15) is 6.92 Å². The van der Waals surface area contributed by atoms with Gasteiger partial charge in [-0.3, -0.25) is 0 Å². The Morgan fingerprint density at radius 2 is 1.21 bits per heavy atom. The van der Waals surface area contributed by atoms with Gasteiger partial charge < -0.3 is 17.4 Å². The molecule has 8 heteroatoms. The number of sulfonamides is 1. The summed E-state index contributed by atoms with van der Waals surface area (Å²) in [6.07, 6.45) is 7.93. The third-order valence-corrected chi connectivity index (χ3v) is 18.6. The molecule has 0 spiro atoms. The fraction of sp³-hybridized carbons (Fsp3) is 0.462. The molecule has 47 heavy (non-hydrogen) atoms. The van der Waals surface area contributed by atoms with Crippen molar-refractivity contribution in [2.24, 2.45) is 5.92 Å². The predicted octanol–water partition coefficient (Wildman–Crippen LogP) is 13.1. The molecule has 0 saturated carbocycles. The molecule has 4 atom stereocenters. The number of hydrogen-bond donors (Lipinski definition) is 0. The monoisotopic (exact) mass is 782 g/mol. The molecule has 1 N–H and O–H groups in total. The van der Waals surface area contributed by atoms with Crippen LogP contribution in [0.25, 0.3) is 10.5 Å². The summed E-state index contributed by atoms with van der Waals surface area (Å²) < 4.78 is 29.8. The molecule has 0 amide bonds. The third-order valence-electron chi connectivity index (χ3n) is 9.43. The Morgan fingerprint density at radius 3 is 1.62 bits per heavy atom. The molecule has 4 nitrogen and oxygen atoms in total. The summed E-state index contributed by atoms with van der Waals surface area (Å²) in [7, 11) is -0.547. The fourth-order valence-corrected chi connectivity index (χ4v) is 16.2. The van der Waals surface area contributed by atoms with Gasteiger partial charge in [-0.05, 0) is 43.4 Å². The Kier molecular flexibility index (Phi) is 19.8. The van der Waals surface area contributed by atoms with Crippen molar-refractivity contribution in [2.75, 3.05) is 0 Å². The van der Waals surface area contributed by atoms with Crippen molar-refractivity contribution in [3.05, 3.63) is 131 Å². The molecule has 260 valence electrons. The molecule has 1 aliphatic carbocycles. The van der Waals surface area contributed by atoms with Crippen molar-refractivity contribution >= 4 is 27.8 Å². The molecule has 4 rings (SSSR count). The molecule has 3 aromatic carbocycles. The van der Waals surface area contributed by atoms with Crippen LogP contribution in [0.5, 0.6) is 0 Å². The first kappa shape index (κ1) is 43.4. The molecule has 3 aromatic rings. The molecular formula is C39H57ClN2O2RuSSi. The number of allylic oxidation sites excluding steroid dienone is 2. The number of halogens is 1. The Hall–Kier alpha value is -1.60. The number of aryl methyl sites for hydroxylation is 1. The summed E-state index contributed by atoms with van der Waals surface area (Å²) in [6, 6.07) is 23.3. The van der Waals surface area contributed by atoms with E-state index in [1.807, 2.05) is 84.9 Å². The topological polar surface area (TPSA) is 72.0 Å². The molecule has 0 radical (unpaired) electrons. The van der Waals surface area contributed by atoms with Crippen LogP contribution in [0.4, 0.5) is 0 Å². The zero-order valence-electron chi connectivity index (χ0n) is 29.8. The fourth-order valence-electron chi connectivity index (χ4n) is 7.39. The summed E-state index contributed by atoms with van der Waals surface area (Å²) in [4.78, 5) is 0.143. The number of nitrogens with one attached hydrogen (secondary N) is 1. The van der Waals surface area contributed by atoms with Crippen molar-refractivity contribution < 1.29 is 25.7 Å². The minimum atomic E-state index is -3.87. The van der Waals surface area contributed by atoms with Crippen LogP contribution in [0.3, 0.4) is 0 Å². The van der Waals surface area contributed by atoms with E-state index in [4.69, 9.17) is 5.73 Å². The van der Waals surface area contributed by atoms with Gasteiger partial charge in [0.15, 0.2) is 0 Å². The standard InChI is InChI=1S/C21H20N2O2S.C16H32Si.C2H5.ClH.Ru/c1-16-12-14-19(15-13-16)26(24,25)23-21(18-10-6-3-7-11-18)20(22)17-8-4-2-5-9-17;1-12(2)17(13(3)4,14(5)6)16-10-8-15(7)9-11-16;1-2;;/h2-15,20-22H,1H3;8,10,12-16H,9,11H2,1-7H3;1H2,2H3;1H;/q-2;;-1;;+4/p-1/t20-,21-;15-,16+;;;/m00.../s1. The maximum absolute atomic E-state index is 12.8. The average molecular weight is 783 g/mol. The van der Waals surface area contributed by atoms with Crippen molar-refractivity contribution in [1.29, 1.82) is 0 Å². The van der Waals surface area contributed by atoms with E-state index in [2.05, 4.69) is 82.0 Å². The second-order valence-corrected chi connectivity index (χ2v) is 21.0. The van der Waals surface area contributed by atoms with Crippen molar-refractivity contribution in [1.82, 2.24) is 0 Å². The van der Waals surface area contributed by atoms with Crippen molar-refractivity contribution in [2.45, 2.75) is 114 Å². The average Bonchev–Trinajstić information content (AvgIpc) is 3.07. The molecule has 0 aromatic heterocycles. The first-order chi connectivity index (χ1) is 22.3. The van der Waals surface area contributed by atoms with E-state index in [-0.39, 0.29) is 4.90 Å². The van der Waals surface area contributed by atoms with Gasteiger partial charge in [0.05, 0.1) is 8.07 Å². The zero-order chi connectivity index (χ0) is 35.8. The van der Waals surface area contributed by atoms with Crippen LogP contribution in [-0.4, -0.2) is 16.5 Å². The van der Waals surface area contributed by atoms with E-state index >= 15 is 0 Å². The van der Waals surface area contributed by atoms with Crippen molar-refractivity contribution in [3.63, 3.8) is 0 Å². The maximum atomic E-state index is 12.8. The number of hydrogen-bond acceptors (Lipinski definition) is 2. The van der Waals surface area contributed by atoms with Gasteiger partial charge in [0, 0.05) is 4.90 Å². The van der Waals surface area contributed by atoms with Gasteiger partial charge in [-0.1, -0.05) is 167 Å². The van der Waals surface area contributed by atoms with Crippen LogP contribution in [0.2, 0.25) is 22.2 Å². The molecule has 0 saturated heterocycles. The van der Waals surface area contributed by atoms with E-state index in [1.54, 1.807) is 31.2 Å². The molecule has 0 heterocycles. The van der Waals surface area contributed by atoms with Gasteiger partial charge >= 0.3 is 27.0 Å². The van der Waals surface area contributed by atoms with Gasteiger partial charge in [0.25, 0.3) is 0 Å². The zero-order valence-corrected chi connectivity index (χ0v) is 34.1. The summed E-state index contributed by atoms with van der Waals surface area (Å²) in [5, 5.41) is 0. The van der Waals surface area contributed by atoms with E-state index in [9.17, 15) is 8.42 Å². The van der Waals surface area contributed by atoms with E-state index in [0.717, 1.165) is 39.2 Å². The second kappa shape index (κ2) is 21.5. The van der Waals surface area contributed by atoms with Crippen LogP contribution in [-0.2, 0) is 27.3 Å². The first-order valence-electron chi connectivity index (χ1n) is 16.7. The normalized spacial score (nSPS) is 17.4. The number of nitrogens with zero attached hydrogens (tertiary/aromatic N) is 1. The van der Waals surface area contributed by atoms with Crippen molar-refractivity contribution in [3.8, 4) is 0 Å². The first-order valence-corrected chi connectivity index (χ1v) is 22.7. The Bertz CT molecular complexity index is 1380. The van der Waals surface area contributed by atoms with Gasteiger partial charge in [-0.15, -0.1) is 12.1 Å². The predicted molar refractivity (Wildman–Crippen MR) is 204 cm³/mol. The van der Waals surface area contributed by atoms with Gasteiger partial charge in [0.1, 0.15) is 10.0 Å². The SMILES string of the molecule is CC(C)[Si](C(C)C)(C(C)C)[C@@H]1C=C[C@H](C)CC1.Cc1ccc(S(=O)(=O)[N-][C@@H](c2ccccc2)[C@@H]([NH-])c2ccccc2)cc1.[CH2-]C.[Cl][Ru+3]. The van der Waals surface area contributed by atoms with E-state index in [0.29, 0.717) is 5.56 Å². The van der Waals surface area contributed by atoms with Crippen LogP contribution < -0.4 is 0 Å². The summed E-state index contributed by atoms with van der Waals surface area (Å²) in [5.41, 5.74) is 14.6. The van der Waals surface area contributed by atoms with E-state index < -0.39 is 30.2 Å². The molecular weight excluding hydrogens is 725 g/mol. The van der Waals surface area contributed by atoms with Crippen LogP contribution >= 0.6 is 9.69 Å². The summed E-state index contributed by atoms with van der Waals surface area (Å²) in [5.74, 6) is 0.810.